The van der Waals surface area contributed by atoms with Crippen LogP contribution >= 0.6 is 7.82 Å². The number of hydrogen-bond donors (Lipinski definition) is 6. The number of aliphatic hydroxyl groups is 5. The maximum Gasteiger partial charge on any atom is 0.472 e. The molecule has 0 radical (unpaired) electrons. The molecular formula is C36H61O13P. The van der Waals surface area contributed by atoms with E-state index in [-0.39, 0.29) is 12.8 Å². The number of carbonyl (C=O) groups excluding carboxylic acids is 2. The molecule has 0 aromatic carbocycles. The fourth-order valence-corrected chi connectivity index (χ4v) is 5.98. The molecule has 50 heavy (non-hydrogen) atoms. The van der Waals surface area contributed by atoms with Gasteiger partial charge >= 0.3 is 19.8 Å². The molecule has 0 aromatic heterocycles. The molecule has 0 saturated heterocycles. The van der Waals surface area contributed by atoms with Crippen LogP contribution in [0.25, 0.3) is 0 Å². The van der Waals surface area contributed by atoms with E-state index in [2.05, 4.69) is 26.0 Å². The van der Waals surface area contributed by atoms with Gasteiger partial charge in [-0.05, 0) is 44.9 Å². The Morgan fingerprint density at radius 2 is 1.20 bits per heavy atom. The van der Waals surface area contributed by atoms with Crippen LogP contribution in [0.1, 0.15) is 110 Å². The normalized spacial score (nSPS) is 24.7. The molecule has 0 aromatic rings. The first-order chi connectivity index (χ1) is 23.9. The van der Waals surface area contributed by atoms with Crippen molar-refractivity contribution in [1.29, 1.82) is 0 Å². The molecule has 6 N–H and O–H groups in total. The van der Waals surface area contributed by atoms with Gasteiger partial charge in [0.1, 0.15) is 43.2 Å². The Labute approximate surface area is 297 Å². The second kappa shape index (κ2) is 27.5. The van der Waals surface area contributed by atoms with Crippen LogP contribution in [-0.4, -0.2) is 98.3 Å². The van der Waals surface area contributed by atoms with Crippen molar-refractivity contribution in [2.24, 2.45) is 0 Å². The summed E-state index contributed by atoms with van der Waals surface area (Å²) < 4.78 is 33.1. The zero-order valence-corrected chi connectivity index (χ0v) is 30.6. The van der Waals surface area contributed by atoms with Gasteiger partial charge in [0.2, 0.25) is 0 Å². The quantitative estimate of drug-likeness (QED) is 0.0219. The lowest BCUT2D eigenvalue weighted by molar-refractivity contribution is -0.220. The average molecular weight is 733 g/mol. The molecule has 288 valence electrons. The van der Waals surface area contributed by atoms with E-state index in [1.54, 1.807) is 0 Å². The molecule has 1 saturated carbocycles. The lowest BCUT2D eigenvalue weighted by Gasteiger charge is -2.41. The fourth-order valence-electron chi connectivity index (χ4n) is 5.01. The second-order valence-corrected chi connectivity index (χ2v) is 13.8. The van der Waals surface area contributed by atoms with Gasteiger partial charge in [-0.25, -0.2) is 4.57 Å². The first-order valence-corrected chi connectivity index (χ1v) is 19.5. The number of phosphoric ester groups is 1. The smallest absolute Gasteiger partial charge is 0.462 e. The van der Waals surface area contributed by atoms with Crippen molar-refractivity contribution < 1.29 is 63.1 Å². The number of rotatable bonds is 27. The van der Waals surface area contributed by atoms with Crippen LogP contribution in [0.5, 0.6) is 0 Å². The van der Waals surface area contributed by atoms with Crippen molar-refractivity contribution in [3.8, 4) is 0 Å². The van der Waals surface area contributed by atoms with Gasteiger partial charge in [-0.1, -0.05) is 101 Å². The summed E-state index contributed by atoms with van der Waals surface area (Å²) in [6, 6.07) is 0. The molecule has 0 aliphatic heterocycles. The van der Waals surface area contributed by atoms with Crippen molar-refractivity contribution >= 4 is 19.8 Å². The zero-order chi connectivity index (χ0) is 37.2. The lowest BCUT2D eigenvalue weighted by atomic mass is 9.85. The SMILES string of the molecule is CC/C=C/C=C/C=C/CCCCCCCC(=O)OC(COC(=O)CC/C=C/CCCCCC)COP(=O)(O)OC1C(O)C(O)C(O)[C@@H](O)C1O. The molecule has 1 rings (SSSR count). The summed E-state index contributed by atoms with van der Waals surface area (Å²) in [6.45, 7) is 3.00. The van der Waals surface area contributed by atoms with E-state index in [1.165, 1.54) is 6.42 Å². The monoisotopic (exact) mass is 732 g/mol. The fraction of sp³-hybridized carbons (Fsp3) is 0.722. The number of unbranched alkanes of at least 4 members (excludes halogenated alkanes) is 9. The summed E-state index contributed by atoms with van der Waals surface area (Å²) in [5, 5.41) is 49.8. The molecule has 14 heteroatoms. The summed E-state index contributed by atoms with van der Waals surface area (Å²) in [4.78, 5) is 35.2. The van der Waals surface area contributed by atoms with Crippen LogP contribution in [0, 0.1) is 0 Å². The van der Waals surface area contributed by atoms with Crippen molar-refractivity contribution in [1.82, 2.24) is 0 Å². The number of carbonyl (C=O) groups is 2. The molecule has 1 aliphatic rings. The van der Waals surface area contributed by atoms with Crippen LogP contribution in [0.4, 0.5) is 0 Å². The Balaban J connectivity index is 2.61. The minimum absolute atomic E-state index is 0.0648. The molecule has 0 heterocycles. The topological polar surface area (TPSA) is 210 Å². The highest BCUT2D eigenvalue weighted by molar-refractivity contribution is 7.47. The molecule has 0 spiro atoms. The van der Waals surface area contributed by atoms with Gasteiger partial charge in [0.25, 0.3) is 0 Å². The number of allylic oxidation sites excluding steroid dienone is 8. The molecule has 1 aliphatic carbocycles. The maximum absolute atomic E-state index is 12.7. The molecule has 1 fully saturated rings. The van der Waals surface area contributed by atoms with Gasteiger partial charge in [-0.3, -0.25) is 18.6 Å². The first-order valence-electron chi connectivity index (χ1n) is 18.0. The largest absolute Gasteiger partial charge is 0.472 e. The average Bonchev–Trinajstić information content (AvgIpc) is 3.09. The minimum Gasteiger partial charge on any atom is -0.462 e. The maximum atomic E-state index is 12.7. The van der Waals surface area contributed by atoms with E-state index >= 15 is 0 Å². The Kier molecular flexibility index (Phi) is 25.2. The molecule has 0 bridgehead atoms. The van der Waals surface area contributed by atoms with Crippen LogP contribution in [0.2, 0.25) is 0 Å². The third kappa shape index (κ3) is 20.6. The summed E-state index contributed by atoms with van der Waals surface area (Å²) >= 11 is 0. The van der Waals surface area contributed by atoms with Crippen LogP contribution < -0.4 is 0 Å². The molecule has 0 amide bonds. The van der Waals surface area contributed by atoms with Crippen molar-refractivity contribution in [3.05, 3.63) is 48.6 Å². The summed E-state index contributed by atoms with van der Waals surface area (Å²) in [6.07, 6.45) is 15.2. The van der Waals surface area contributed by atoms with Gasteiger partial charge in [0.05, 0.1) is 6.61 Å². The molecular weight excluding hydrogens is 671 g/mol. The van der Waals surface area contributed by atoms with E-state index in [4.69, 9.17) is 18.5 Å². The number of esters is 2. The third-order valence-electron chi connectivity index (χ3n) is 7.98. The van der Waals surface area contributed by atoms with E-state index < -0.39 is 75.7 Å². The van der Waals surface area contributed by atoms with Gasteiger partial charge in [-0.2, -0.15) is 0 Å². The van der Waals surface area contributed by atoms with Crippen molar-refractivity contribution in [2.45, 2.75) is 153 Å². The van der Waals surface area contributed by atoms with Crippen molar-refractivity contribution in [3.63, 3.8) is 0 Å². The van der Waals surface area contributed by atoms with E-state index in [0.717, 1.165) is 64.2 Å². The predicted octanol–water partition coefficient (Wildman–Crippen LogP) is 4.88. The molecule has 13 nitrogen and oxygen atoms in total. The summed E-state index contributed by atoms with van der Waals surface area (Å²) in [5.41, 5.74) is 0. The van der Waals surface area contributed by atoms with Gasteiger partial charge < -0.3 is 39.9 Å². The predicted molar refractivity (Wildman–Crippen MR) is 189 cm³/mol. The highest BCUT2D eigenvalue weighted by Crippen LogP contribution is 2.47. The summed E-state index contributed by atoms with van der Waals surface area (Å²) in [7, 11) is -5.12. The second-order valence-electron chi connectivity index (χ2n) is 12.4. The van der Waals surface area contributed by atoms with Gasteiger partial charge in [0, 0.05) is 12.8 Å². The number of ether oxygens (including phenoxy) is 2. The Morgan fingerprint density at radius 3 is 1.86 bits per heavy atom. The van der Waals surface area contributed by atoms with Crippen LogP contribution in [0.3, 0.4) is 0 Å². The van der Waals surface area contributed by atoms with Crippen LogP contribution in [0.15, 0.2) is 48.6 Å². The highest BCUT2D eigenvalue weighted by Gasteiger charge is 2.51. The first kappa shape index (κ1) is 45.8. The summed E-state index contributed by atoms with van der Waals surface area (Å²) in [5.74, 6) is -1.20. The Bertz CT molecular complexity index is 1080. The van der Waals surface area contributed by atoms with E-state index in [9.17, 15) is 44.6 Å². The van der Waals surface area contributed by atoms with E-state index in [0.29, 0.717) is 12.8 Å². The van der Waals surface area contributed by atoms with Gasteiger partial charge in [-0.15, -0.1) is 0 Å². The Hall–Kier alpha value is -2.19. The minimum atomic E-state index is -5.12. The molecule has 8 atom stereocenters. The number of hydrogen-bond acceptors (Lipinski definition) is 12. The highest BCUT2D eigenvalue weighted by atomic mass is 31.2. The Morgan fingerprint density at radius 1 is 0.640 bits per heavy atom. The van der Waals surface area contributed by atoms with E-state index in [1.807, 2.05) is 36.5 Å². The number of phosphoric acid groups is 1. The zero-order valence-electron chi connectivity index (χ0n) is 29.7. The van der Waals surface area contributed by atoms with Crippen LogP contribution in [-0.2, 0) is 32.7 Å². The third-order valence-corrected chi connectivity index (χ3v) is 8.96. The van der Waals surface area contributed by atoms with Gasteiger partial charge in [0.15, 0.2) is 6.10 Å². The number of aliphatic hydroxyl groups excluding tert-OH is 5. The lowest BCUT2D eigenvalue weighted by Crippen LogP contribution is -2.64. The molecule has 7 unspecified atom stereocenters. The van der Waals surface area contributed by atoms with Crippen molar-refractivity contribution in [2.75, 3.05) is 13.2 Å². The standard InChI is InChI=1S/C36H61O13P/c1-3-5-7-9-11-13-14-15-16-17-19-21-23-25-30(38)48-28(26-46-29(37)24-22-20-18-12-10-8-6-4-2)27-47-50(44,45)49-36-34(42)32(40)31(39)33(41)35(36)43/h5,7,9,11,13-14,18,20,28,31-36,39-43H,3-4,6,8,10,12,15-17,19,21-27H2,1-2H3,(H,44,45)/b7-5+,11-9+,14-13+,20-18+/t28?,31?,32-,33?,34?,35?,36?/m1/s1.